The number of carbonyl (C=O) groups excluding carboxylic acids is 3. The van der Waals surface area contributed by atoms with Crippen LogP contribution in [0, 0.1) is 0 Å². The highest BCUT2D eigenvalue weighted by atomic mass is 16.8. The molecular formula is C21H23O8-. The van der Waals surface area contributed by atoms with E-state index in [2.05, 4.69) is 0 Å². The molecule has 2 aliphatic heterocycles. The summed E-state index contributed by atoms with van der Waals surface area (Å²) in [4.78, 5) is 36.8. The van der Waals surface area contributed by atoms with Gasteiger partial charge >= 0.3 is 17.9 Å². The molecule has 2 heterocycles. The molecule has 4 aliphatic rings. The van der Waals surface area contributed by atoms with E-state index in [9.17, 15) is 19.5 Å². The normalized spacial score (nSPS) is 26.2. The topological polar surface area (TPSA) is 111 Å². The molecule has 0 aromatic heterocycles. The summed E-state index contributed by atoms with van der Waals surface area (Å²) in [6, 6.07) is 0. The van der Waals surface area contributed by atoms with Crippen LogP contribution in [0.15, 0.2) is 35.3 Å². The zero-order chi connectivity index (χ0) is 20.5. The third-order valence-electron chi connectivity index (χ3n) is 5.75. The maximum atomic E-state index is 12.3. The van der Waals surface area contributed by atoms with Gasteiger partial charge in [-0.15, -0.1) is 0 Å². The summed E-state index contributed by atoms with van der Waals surface area (Å²) in [5.74, 6) is -5.40. The second kappa shape index (κ2) is 7.57. The molecule has 156 valence electrons. The van der Waals surface area contributed by atoms with E-state index < -0.39 is 35.4 Å². The van der Waals surface area contributed by atoms with Crippen LogP contribution in [0.2, 0.25) is 0 Å². The molecule has 0 bridgehead atoms. The lowest BCUT2D eigenvalue weighted by molar-refractivity contribution is -0.401. The van der Waals surface area contributed by atoms with E-state index in [-0.39, 0.29) is 11.1 Å². The van der Waals surface area contributed by atoms with Gasteiger partial charge in [0, 0.05) is 12.8 Å². The fourth-order valence-corrected chi connectivity index (χ4v) is 4.21. The zero-order valence-electron chi connectivity index (χ0n) is 16.1. The van der Waals surface area contributed by atoms with Crippen molar-refractivity contribution in [2.45, 2.75) is 75.8 Å². The van der Waals surface area contributed by atoms with Gasteiger partial charge in [-0.05, 0) is 50.7 Å². The molecule has 4 rings (SSSR count). The predicted octanol–water partition coefficient (Wildman–Crippen LogP) is 2.04. The van der Waals surface area contributed by atoms with Crippen molar-refractivity contribution in [3.8, 4) is 0 Å². The second-order valence-corrected chi connectivity index (χ2v) is 7.85. The van der Waals surface area contributed by atoms with Crippen molar-refractivity contribution < 1.29 is 38.4 Å². The maximum Gasteiger partial charge on any atom is 0.348 e. The summed E-state index contributed by atoms with van der Waals surface area (Å²) < 4.78 is 21.5. The van der Waals surface area contributed by atoms with Crippen LogP contribution in [0.3, 0.4) is 0 Å². The van der Waals surface area contributed by atoms with Crippen LogP contribution in [0.25, 0.3) is 0 Å². The lowest BCUT2D eigenvalue weighted by Gasteiger charge is -2.46. The minimum Gasteiger partial charge on any atom is -0.574 e. The first kappa shape index (κ1) is 19.5. The van der Waals surface area contributed by atoms with Gasteiger partial charge in [0.05, 0.1) is 11.5 Å². The van der Waals surface area contributed by atoms with Crippen molar-refractivity contribution in [1.29, 1.82) is 0 Å². The van der Waals surface area contributed by atoms with E-state index in [1.165, 1.54) is 18.2 Å². The van der Waals surface area contributed by atoms with E-state index >= 15 is 0 Å². The Morgan fingerprint density at radius 1 is 0.690 bits per heavy atom. The Morgan fingerprint density at radius 2 is 1.17 bits per heavy atom. The first-order valence-corrected chi connectivity index (χ1v) is 10.1. The van der Waals surface area contributed by atoms with Crippen molar-refractivity contribution in [2.75, 3.05) is 0 Å². The van der Waals surface area contributed by atoms with Crippen molar-refractivity contribution in [3.63, 3.8) is 0 Å². The lowest BCUT2D eigenvalue weighted by atomic mass is 9.93. The summed E-state index contributed by atoms with van der Waals surface area (Å²) in [6.07, 6.45) is 10.8. The van der Waals surface area contributed by atoms with Crippen molar-refractivity contribution >= 4 is 17.9 Å². The van der Waals surface area contributed by atoms with Crippen LogP contribution >= 0.6 is 0 Å². The van der Waals surface area contributed by atoms with Crippen molar-refractivity contribution in [1.82, 2.24) is 0 Å². The molecule has 2 spiro atoms. The highest BCUT2D eigenvalue weighted by Crippen LogP contribution is 2.38. The largest absolute Gasteiger partial charge is 0.574 e. The first-order chi connectivity index (χ1) is 13.9. The molecule has 0 aromatic carbocycles. The summed E-state index contributed by atoms with van der Waals surface area (Å²) >= 11 is 0. The van der Waals surface area contributed by atoms with E-state index in [0.717, 1.165) is 38.5 Å². The maximum absolute atomic E-state index is 12.3. The van der Waals surface area contributed by atoms with Crippen LogP contribution in [0.5, 0.6) is 0 Å². The van der Waals surface area contributed by atoms with E-state index in [1.54, 1.807) is 0 Å². The SMILES string of the molecule is O=C1OC2(CCCCC2)OC(=O)C1=CC=CC1=C([O-])OC2(CCCCC2)OC1=O. The van der Waals surface area contributed by atoms with Gasteiger partial charge in [0.15, 0.2) is 5.79 Å². The van der Waals surface area contributed by atoms with Gasteiger partial charge in [0.2, 0.25) is 0 Å². The average Bonchev–Trinajstić information content (AvgIpc) is 2.67. The molecule has 0 unspecified atom stereocenters. The Hall–Kier alpha value is -2.77. The molecule has 0 aromatic rings. The molecule has 2 saturated carbocycles. The smallest absolute Gasteiger partial charge is 0.348 e. The summed E-state index contributed by atoms with van der Waals surface area (Å²) in [6.45, 7) is 0. The number of hydrogen-bond acceptors (Lipinski definition) is 8. The summed E-state index contributed by atoms with van der Waals surface area (Å²) in [7, 11) is 0. The van der Waals surface area contributed by atoms with Gasteiger partial charge in [-0.2, -0.15) is 0 Å². The van der Waals surface area contributed by atoms with E-state index in [0.29, 0.717) is 25.7 Å². The van der Waals surface area contributed by atoms with Crippen molar-refractivity contribution in [2.24, 2.45) is 0 Å². The monoisotopic (exact) mass is 403 g/mol. The average molecular weight is 403 g/mol. The molecule has 1 saturated heterocycles. The molecule has 8 heteroatoms. The first-order valence-electron chi connectivity index (χ1n) is 10.1. The predicted molar refractivity (Wildman–Crippen MR) is 95.2 cm³/mol. The highest BCUT2D eigenvalue weighted by Gasteiger charge is 2.46. The third-order valence-corrected chi connectivity index (χ3v) is 5.75. The Labute approximate surface area is 168 Å². The van der Waals surface area contributed by atoms with E-state index in [1.807, 2.05) is 0 Å². The minimum atomic E-state index is -1.16. The van der Waals surface area contributed by atoms with Crippen LogP contribution < -0.4 is 5.11 Å². The van der Waals surface area contributed by atoms with E-state index in [4.69, 9.17) is 18.9 Å². The molecule has 3 fully saturated rings. The number of rotatable bonds is 2. The molecule has 0 radical (unpaired) electrons. The van der Waals surface area contributed by atoms with Gasteiger partial charge in [0.1, 0.15) is 5.57 Å². The second-order valence-electron chi connectivity index (χ2n) is 7.85. The minimum absolute atomic E-state index is 0.292. The molecule has 8 nitrogen and oxygen atoms in total. The van der Waals surface area contributed by atoms with Gasteiger partial charge in [-0.1, -0.05) is 18.9 Å². The van der Waals surface area contributed by atoms with Gasteiger partial charge in [-0.25, -0.2) is 14.4 Å². The van der Waals surface area contributed by atoms with Crippen LogP contribution in [-0.2, 0) is 33.3 Å². The van der Waals surface area contributed by atoms with Crippen LogP contribution in [-0.4, -0.2) is 29.5 Å². The molecule has 0 atom stereocenters. The summed E-state index contributed by atoms with van der Waals surface area (Å²) in [5.41, 5.74) is -0.585. The van der Waals surface area contributed by atoms with Gasteiger partial charge in [0.25, 0.3) is 5.79 Å². The van der Waals surface area contributed by atoms with Gasteiger partial charge < -0.3 is 24.1 Å². The number of esters is 3. The highest BCUT2D eigenvalue weighted by molar-refractivity contribution is 6.15. The van der Waals surface area contributed by atoms with Crippen molar-refractivity contribution in [3.05, 3.63) is 35.3 Å². The molecule has 29 heavy (non-hydrogen) atoms. The third kappa shape index (κ3) is 3.88. The van der Waals surface area contributed by atoms with Crippen LogP contribution in [0.1, 0.15) is 64.2 Å². The molecule has 0 amide bonds. The Bertz CT molecular complexity index is 785. The Kier molecular flexibility index (Phi) is 5.10. The molecule has 0 N–H and O–H groups in total. The fraction of sp³-hybridized carbons (Fsp3) is 0.571. The zero-order valence-corrected chi connectivity index (χ0v) is 16.1. The van der Waals surface area contributed by atoms with Gasteiger partial charge in [-0.3, -0.25) is 0 Å². The number of carbonyl (C=O) groups is 3. The Balaban J connectivity index is 1.47. The number of hydrogen-bond donors (Lipinski definition) is 0. The lowest BCUT2D eigenvalue weighted by Crippen LogP contribution is -2.47. The summed E-state index contributed by atoms with van der Waals surface area (Å²) in [5, 5.41) is 12.3. The fourth-order valence-electron chi connectivity index (χ4n) is 4.21. The Morgan fingerprint density at radius 3 is 1.69 bits per heavy atom. The standard InChI is InChI=1S/C21H24O8/c22-16-14(17(23)27-20(26-16)10-3-1-4-11-20)8-7-9-15-18(24)28-21(29-19(15)25)12-5-2-6-13-21/h7-9,22H,1-6,10-13H2/p-1. The number of ether oxygens (including phenoxy) is 4. The number of allylic oxidation sites excluding steroid dienone is 2. The molecule has 2 aliphatic carbocycles. The quantitative estimate of drug-likeness (QED) is 0.391. The van der Waals surface area contributed by atoms with Crippen LogP contribution in [0.4, 0.5) is 0 Å². The molecular weight excluding hydrogens is 380 g/mol.